The highest BCUT2D eigenvalue weighted by Crippen LogP contribution is 2.19. The number of likely N-dealkylation sites (N-methyl/N-ethyl adjacent to an activating group) is 1. The summed E-state index contributed by atoms with van der Waals surface area (Å²) in [5, 5.41) is 6.83. The molecule has 0 aromatic heterocycles. The van der Waals surface area contributed by atoms with Crippen molar-refractivity contribution in [2.75, 3.05) is 7.05 Å². The maximum Gasteiger partial charge on any atom is 0.127 e. The van der Waals surface area contributed by atoms with Gasteiger partial charge in [-0.3, -0.25) is 0 Å². The molecule has 17 heavy (non-hydrogen) atoms. The molecule has 2 rings (SSSR count). The smallest absolute Gasteiger partial charge is 0.127 e. The Balaban J connectivity index is 1.90. The summed E-state index contributed by atoms with van der Waals surface area (Å²) in [6.45, 7) is 0.621. The minimum Gasteiger partial charge on any atom is -0.315 e. The van der Waals surface area contributed by atoms with Gasteiger partial charge in [0.2, 0.25) is 0 Å². The Bertz CT molecular complexity index is 354. The topological polar surface area (TPSA) is 24.1 Å². The van der Waals surface area contributed by atoms with Crippen LogP contribution in [0.15, 0.2) is 24.3 Å². The molecule has 2 nitrogen and oxygen atoms in total. The Hall–Kier alpha value is -0.930. The SMILES string of the molecule is CNC1CCCCC1NCc1ccccc1F. The minimum absolute atomic E-state index is 0.114. The second-order valence-corrected chi connectivity index (χ2v) is 4.76. The lowest BCUT2D eigenvalue weighted by atomic mass is 9.90. The van der Waals surface area contributed by atoms with Crippen LogP contribution in [-0.4, -0.2) is 19.1 Å². The van der Waals surface area contributed by atoms with Gasteiger partial charge in [-0.1, -0.05) is 31.0 Å². The molecule has 0 amide bonds. The van der Waals surface area contributed by atoms with E-state index < -0.39 is 0 Å². The predicted molar refractivity (Wildman–Crippen MR) is 68.3 cm³/mol. The van der Waals surface area contributed by atoms with Crippen molar-refractivity contribution in [1.82, 2.24) is 10.6 Å². The van der Waals surface area contributed by atoms with Crippen LogP contribution in [0.25, 0.3) is 0 Å². The first kappa shape index (κ1) is 12.5. The van der Waals surface area contributed by atoms with Gasteiger partial charge in [0.15, 0.2) is 0 Å². The number of nitrogens with one attached hydrogen (secondary N) is 2. The lowest BCUT2D eigenvalue weighted by molar-refractivity contribution is 0.293. The molecule has 0 spiro atoms. The van der Waals surface area contributed by atoms with E-state index in [9.17, 15) is 4.39 Å². The van der Waals surface area contributed by atoms with Crippen molar-refractivity contribution in [2.45, 2.75) is 44.3 Å². The lowest BCUT2D eigenvalue weighted by Crippen LogP contribution is -2.48. The van der Waals surface area contributed by atoms with Crippen LogP contribution < -0.4 is 10.6 Å². The maximum absolute atomic E-state index is 13.5. The zero-order valence-corrected chi connectivity index (χ0v) is 10.4. The third-order valence-corrected chi connectivity index (χ3v) is 3.65. The molecule has 3 heteroatoms. The number of benzene rings is 1. The van der Waals surface area contributed by atoms with Crippen LogP contribution in [0.5, 0.6) is 0 Å². The van der Waals surface area contributed by atoms with Gasteiger partial charge in [-0.25, -0.2) is 4.39 Å². The molecule has 1 aromatic rings. The largest absolute Gasteiger partial charge is 0.315 e. The van der Waals surface area contributed by atoms with E-state index in [0.29, 0.717) is 18.6 Å². The van der Waals surface area contributed by atoms with Crippen LogP contribution in [0, 0.1) is 5.82 Å². The van der Waals surface area contributed by atoms with Crippen molar-refractivity contribution in [2.24, 2.45) is 0 Å². The van der Waals surface area contributed by atoms with E-state index in [2.05, 4.69) is 10.6 Å². The molecule has 0 bridgehead atoms. The van der Waals surface area contributed by atoms with E-state index in [-0.39, 0.29) is 5.82 Å². The Kier molecular flexibility index (Phi) is 4.51. The van der Waals surface area contributed by atoms with Gasteiger partial charge < -0.3 is 10.6 Å². The maximum atomic E-state index is 13.5. The van der Waals surface area contributed by atoms with Crippen LogP contribution in [0.4, 0.5) is 4.39 Å². The Morgan fingerprint density at radius 1 is 1.18 bits per heavy atom. The van der Waals surface area contributed by atoms with E-state index in [1.54, 1.807) is 6.07 Å². The molecule has 2 unspecified atom stereocenters. The molecular formula is C14H21FN2. The van der Waals surface area contributed by atoms with Crippen molar-refractivity contribution in [3.63, 3.8) is 0 Å². The van der Waals surface area contributed by atoms with E-state index in [1.165, 1.54) is 31.7 Å². The van der Waals surface area contributed by atoms with Gasteiger partial charge in [0.05, 0.1) is 0 Å². The third-order valence-electron chi connectivity index (χ3n) is 3.65. The molecule has 1 fully saturated rings. The van der Waals surface area contributed by atoms with Crippen molar-refractivity contribution < 1.29 is 4.39 Å². The van der Waals surface area contributed by atoms with Crippen molar-refractivity contribution in [1.29, 1.82) is 0 Å². The molecule has 1 aliphatic carbocycles. The molecule has 1 aromatic carbocycles. The Morgan fingerprint density at radius 2 is 1.88 bits per heavy atom. The van der Waals surface area contributed by atoms with Gasteiger partial charge in [0, 0.05) is 24.2 Å². The van der Waals surface area contributed by atoms with Gasteiger partial charge in [0.25, 0.3) is 0 Å². The molecule has 2 atom stereocenters. The number of hydrogen-bond acceptors (Lipinski definition) is 2. The van der Waals surface area contributed by atoms with E-state index in [0.717, 1.165) is 5.56 Å². The fourth-order valence-electron chi connectivity index (χ4n) is 2.60. The van der Waals surface area contributed by atoms with E-state index in [1.807, 2.05) is 19.2 Å². The number of hydrogen-bond donors (Lipinski definition) is 2. The molecule has 0 saturated heterocycles. The highest BCUT2D eigenvalue weighted by Gasteiger charge is 2.23. The van der Waals surface area contributed by atoms with Crippen molar-refractivity contribution >= 4 is 0 Å². The summed E-state index contributed by atoms with van der Waals surface area (Å²) in [7, 11) is 2.01. The molecule has 2 N–H and O–H groups in total. The Morgan fingerprint density at radius 3 is 2.59 bits per heavy atom. The summed E-state index contributed by atoms with van der Waals surface area (Å²) in [5.74, 6) is -0.114. The zero-order valence-electron chi connectivity index (χ0n) is 10.4. The molecule has 0 heterocycles. The van der Waals surface area contributed by atoms with Crippen LogP contribution in [0.2, 0.25) is 0 Å². The first-order chi connectivity index (χ1) is 8.31. The molecule has 1 saturated carbocycles. The van der Waals surface area contributed by atoms with Crippen molar-refractivity contribution in [3.8, 4) is 0 Å². The highest BCUT2D eigenvalue weighted by molar-refractivity contribution is 5.17. The number of halogens is 1. The fraction of sp³-hybridized carbons (Fsp3) is 0.571. The van der Waals surface area contributed by atoms with Crippen molar-refractivity contribution in [3.05, 3.63) is 35.6 Å². The van der Waals surface area contributed by atoms with Gasteiger partial charge in [-0.15, -0.1) is 0 Å². The first-order valence-electron chi connectivity index (χ1n) is 6.45. The predicted octanol–water partition coefficient (Wildman–Crippen LogP) is 2.45. The highest BCUT2D eigenvalue weighted by atomic mass is 19.1. The summed E-state index contributed by atoms with van der Waals surface area (Å²) in [6.07, 6.45) is 4.96. The molecule has 0 aliphatic heterocycles. The molecule has 0 radical (unpaired) electrons. The standard InChI is InChI=1S/C14H21FN2/c1-16-13-8-4-5-9-14(13)17-10-11-6-2-3-7-12(11)15/h2-3,6-7,13-14,16-17H,4-5,8-10H2,1H3. The second kappa shape index (κ2) is 6.12. The first-order valence-corrected chi connectivity index (χ1v) is 6.45. The minimum atomic E-state index is -0.114. The summed E-state index contributed by atoms with van der Waals surface area (Å²) in [5.41, 5.74) is 0.757. The molecule has 94 valence electrons. The average Bonchev–Trinajstić information content (AvgIpc) is 2.38. The van der Waals surface area contributed by atoms with Gasteiger partial charge >= 0.3 is 0 Å². The van der Waals surface area contributed by atoms with Gasteiger partial charge in [-0.05, 0) is 26.0 Å². The quantitative estimate of drug-likeness (QED) is 0.839. The van der Waals surface area contributed by atoms with Gasteiger partial charge in [-0.2, -0.15) is 0 Å². The Labute approximate surface area is 103 Å². The van der Waals surface area contributed by atoms with Gasteiger partial charge in [0.1, 0.15) is 5.82 Å². The summed E-state index contributed by atoms with van der Waals surface area (Å²) < 4.78 is 13.5. The summed E-state index contributed by atoms with van der Waals surface area (Å²) in [4.78, 5) is 0. The summed E-state index contributed by atoms with van der Waals surface area (Å²) in [6, 6.07) is 7.98. The fourth-order valence-corrected chi connectivity index (χ4v) is 2.60. The van der Waals surface area contributed by atoms with Crippen LogP contribution >= 0.6 is 0 Å². The third kappa shape index (κ3) is 3.27. The zero-order chi connectivity index (χ0) is 12.1. The average molecular weight is 236 g/mol. The monoisotopic (exact) mass is 236 g/mol. The van der Waals surface area contributed by atoms with Crippen LogP contribution in [0.3, 0.4) is 0 Å². The number of rotatable bonds is 4. The molecule has 1 aliphatic rings. The normalized spacial score (nSPS) is 24.8. The molecular weight excluding hydrogens is 215 g/mol. The summed E-state index contributed by atoms with van der Waals surface area (Å²) >= 11 is 0. The van der Waals surface area contributed by atoms with E-state index in [4.69, 9.17) is 0 Å². The second-order valence-electron chi connectivity index (χ2n) is 4.76. The van der Waals surface area contributed by atoms with E-state index >= 15 is 0 Å². The van der Waals surface area contributed by atoms with Crippen LogP contribution in [-0.2, 0) is 6.54 Å². The van der Waals surface area contributed by atoms with Crippen LogP contribution in [0.1, 0.15) is 31.2 Å². The lowest BCUT2D eigenvalue weighted by Gasteiger charge is -2.32.